The number of carbonyl (C=O) groups excluding carboxylic acids is 1. The molecule has 0 saturated heterocycles. The minimum absolute atomic E-state index is 0.456. The maximum atomic E-state index is 11.6. The normalized spacial score (nSPS) is 11.7. The molecule has 8 nitrogen and oxygen atoms in total. The van der Waals surface area contributed by atoms with Crippen LogP contribution in [0.2, 0.25) is 0 Å². The molecule has 0 bridgehead atoms. The fourth-order valence-electron chi connectivity index (χ4n) is 1.64. The Bertz CT molecular complexity index is 620. The number of ether oxygens (including phenoxy) is 3. The zero-order valence-electron chi connectivity index (χ0n) is 12.5. The first-order valence-electron chi connectivity index (χ1n) is 6.42. The van der Waals surface area contributed by atoms with E-state index < -0.39 is 30.4 Å². The quantitative estimate of drug-likeness (QED) is 0.540. The van der Waals surface area contributed by atoms with E-state index in [1.54, 1.807) is 18.2 Å². The van der Waals surface area contributed by atoms with Gasteiger partial charge in [0.15, 0.2) is 11.5 Å². The summed E-state index contributed by atoms with van der Waals surface area (Å²) < 4.78 is 14.8. The van der Waals surface area contributed by atoms with Gasteiger partial charge in [-0.2, -0.15) is 0 Å². The van der Waals surface area contributed by atoms with E-state index in [4.69, 9.17) is 19.7 Å². The van der Waals surface area contributed by atoms with Crippen molar-refractivity contribution in [2.75, 3.05) is 14.2 Å². The molecule has 0 amide bonds. The van der Waals surface area contributed by atoms with Crippen LogP contribution in [0.25, 0.3) is 6.08 Å². The molecule has 0 saturated carbocycles. The predicted molar refractivity (Wildman–Crippen MR) is 78.3 cm³/mol. The standard InChI is InChI=1S/C15H16O8/c1-21-10-5-3-9(7-11(10)22-2)4-6-14(18)23-12(15(19)20)8-13(16)17/h3-7,12H,8H2,1-2H3,(H,16,17)(H,19,20)/b6-4+/t12-/m1/s1. The third kappa shape index (κ3) is 5.70. The molecule has 0 fully saturated rings. The van der Waals surface area contributed by atoms with Crippen molar-refractivity contribution in [1.29, 1.82) is 0 Å². The van der Waals surface area contributed by atoms with Gasteiger partial charge in [-0.3, -0.25) is 4.79 Å². The highest BCUT2D eigenvalue weighted by molar-refractivity contribution is 5.90. The molecule has 2 N–H and O–H groups in total. The number of carboxylic acid groups (broad SMARTS) is 2. The maximum absolute atomic E-state index is 11.6. The molecule has 8 heteroatoms. The fourth-order valence-corrected chi connectivity index (χ4v) is 1.64. The SMILES string of the molecule is COc1ccc(/C=C/C(=O)O[C@H](CC(=O)O)C(=O)O)cc1OC. The monoisotopic (exact) mass is 324 g/mol. The van der Waals surface area contributed by atoms with Gasteiger partial charge in [0.25, 0.3) is 0 Å². The predicted octanol–water partition coefficient (Wildman–Crippen LogP) is 1.19. The number of carbonyl (C=O) groups is 3. The summed E-state index contributed by atoms with van der Waals surface area (Å²) in [6, 6.07) is 4.89. The van der Waals surface area contributed by atoms with E-state index in [2.05, 4.69) is 4.74 Å². The lowest BCUT2D eigenvalue weighted by Gasteiger charge is -2.10. The number of hydrogen-bond acceptors (Lipinski definition) is 6. The summed E-state index contributed by atoms with van der Waals surface area (Å²) in [6.45, 7) is 0. The maximum Gasteiger partial charge on any atom is 0.345 e. The summed E-state index contributed by atoms with van der Waals surface area (Å²) in [5.74, 6) is -2.90. The summed E-state index contributed by atoms with van der Waals surface area (Å²) in [5, 5.41) is 17.3. The Morgan fingerprint density at radius 2 is 1.78 bits per heavy atom. The third-order valence-electron chi connectivity index (χ3n) is 2.71. The lowest BCUT2D eigenvalue weighted by Crippen LogP contribution is -2.28. The van der Waals surface area contributed by atoms with Crippen LogP contribution in [0.15, 0.2) is 24.3 Å². The highest BCUT2D eigenvalue weighted by atomic mass is 16.6. The Hall–Kier alpha value is -3.03. The highest BCUT2D eigenvalue weighted by Crippen LogP contribution is 2.27. The lowest BCUT2D eigenvalue weighted by molar-refractivity contribution is -0.164. The molecule has 1 aromatic rings. The van der Waals surface area contributed by atoms with Gasteiger partial charge in [0, 0.05) is 6.08 Å². The molecule has 0 aliphatic carbocycles. The molecule has 0 aliphatic rings. The number of benzene rings is 1. The summed E-state index contributed by atoms with van der Waals surface area (Å²) in [7, 11) is 2.95. The van der Waals surface area contributed by atoms with Crippen LogP contribution in [0.1, 0.15) is 12.0 Å². The van der Waals surface area contributed by atoms with Crippen LogP contribution in [0, 0.1) is 0 Å². The highest BCUT2D eigenvalue weighted by Gasteiger charge is 2.24. The average molecular weight is 324 g/mol. The van der Waals surface area contributed by atoms with Crippen LogP contribution < -0.4 is 9.47 Å². The molecule has 0 heterocycles. The van der Waals surface area contributed by atoms with Gasteiger partial charge in [-0.1, -0.05) is 6.07 Å². The van der Waals surface area contributed by atoms with Gasteiger partial charge in [0.1, 0.15) is 0 Å². The topological polar surface area (TPSA) is 119 Å². The molecule has 0 unspecified atom stereocenters. The second-order valence-electron chi connectivity index (χ2n) is 4.31. The van der Waals surface area contributed by atoms with Crippen molar-refractivity contribution in [3.63, 3.8) is 0 Å². The first-order chi connectivity index (χ1) is 10.9. The zero-order chi connectivity index (χ0) is 17.4. The number of methoxy groups -OCH3 is 2. The first kappa shape index (κ1) is 18.0. The zero-order valence-corrected chi connectivity index (χ0v) is 12.5. The number of aliphatic carboxylic acids is 2. The van der Waals surface area contributed by atoms with E-state index in [9.17, 15) is 14.4 Å². The molecule has 1 atom stereocenters. The summed E-state index contributed by atoms with van der Waals surface area (Å²) in [5.41, 5.74) is 0.588. The molecule has 0 aromatic heterocycles. The number of esters is 1. The Labute approximate surface area is 131 Å². The van der Waals surface area contributed by atoms with E-state index in [1.807, 2.05) is 0 Å². The van der Waals surface area contributed by atoms with Crippen LogP contribution in [0.5, 0.6) is 11.5 Å². The fraction of sp³-hybridized carbons (Fsp3) is 0.267. The summed E-state index contributed by atoms with van der Waals surface area (Å²) in [4.78, 5) is 32.9. The van der Waals surface area contributed by atoms with Crippen LogP contribution in [0.3, 0.4) is 0 Å². The Morgan fingerprint density at radius 3 is 2.30 bits per heavy atom. The van der Waals surface area contributed by atoms with E-state index in [-0.39, 0.29) is 0 Å². The third-order valence-corrected chi connectivity index (χ3v) is 2.71. The minimum atomic E-state index is -1.74. The minimum Gasteiger partial charge on any atom is -0.493 e. The Kier molecular flexibility index (Phi) is 6.60. The van der Waals surface area contributed by atoms with Crippen molar-refractivity contribution in [2.24, 2.45) is 0 Å². The summed E-state index contributed by atoms with van der Waals surface area (Å²) >= 11 is 0. The lowest BCUT2D eigenvalue weighted by atomic mass is 10.2. The first-order valence-corrected chi connectivity index (χ1v) is 6.42. The number of rotatable bonds is 8. The molecule has 0 radical (unpaired) electrons. The van der Waals surface area contributed by atoms with Gasteiger partial charge >= 0.3 is 17.9 Å². The smallest absolute Gasteiger partial charge is 0.345 e. The Morgan fingerprint density at radius 1 is 1.13 bits per heavy atom. The van der Waals surface area contributed by atoms with E-state index in [0.717, 1.165) is 6.08 Å². The molecular weight excluding hydrogens is 308 g/mol. The molecule has 1 rings (SSSR count). The van der Waals surface area contributed by atoms with Crippen LogP contribution >= 0.6 is 0 Å². The second kappa shape index (κ2) is 8.42. The van der Waals surface area contributed by atoms with Gasteiger partial charge in [-0.15, -0.1) is 0 Å². The van der Waals surface area contributed by atoms with Gasteiger partial charge in [0.05, 0.1) is 20.6 Å². The van der Waals surface area contributed by atoms with Crippen molar-refractivity contribution in [3.05, 3.63) is 29.8 Å². The van der Waals surface area contributed by atoms with Gasteiger partial charge in [-0.25, -0.2) is 9.59 Å². The van der Waals surface area contributed by atoms with Crippen molar-refractivity contribution in [2.45, 2.75) is 12.5 Å². The van der Waals surface area contributed by atoms with Crippen LogP contribution in [0.4, 0.5) is 0 Å². The van der Waals surface area contributed by atoms with Crippen molar-refractivity contribution >= 4 is 24.0 Å². The van der Waals surface area contributed by atoms with E-state index in [1.165, 1.54) is 20.3 Å². The van der Waals surface area contributed by atoms with Crippen molar-refractivity contribution < 1.29 is 38.8 Å². The van der Waals surface area contributed by atoms with E-state index in [0.29, 0.717) is 17.1 Å². The molecule has 23 heavy (non-hydrogen) atoms. The van der Waals surface area contributed by atoms with E-state index >= 15 is 0 Å². The Balaban J connectivity index is 2.78. The van der Waals surface area contributed by atoms with Gasteiger partial charge < -0.3 is 24.4 Å². The van der Waals surface area contributed by atoms with Gasteiger partial charge in [0.2, 0.25) is 6.10 Å². The summed E-state index contributed by atoms with van der Waals surface area (Å²) in [6.07, 6.45) is -0.177. The molecular formula is C15H16O8. The molecule has 1 aromatic carbocycles. The second-order valence-corrected chi connectivity index (χ2v) is 4.31. The molecule has 0 spiro atoms. The molecule has 124 valence electrons. The van der Waals surface area contributed by atoms with Crippen LogP contribution in [-0.4, -0.2) is 48.4 Å². The van der Waals surface area contributed by atoms with Crippen molar-refractivity contribution in [3.8, 4) is 11.5 Å². The molecule has 0 aliphatic heterocycles. The van der Waals surface area contributed by atoms with Crippen LogP contribution in [-0.2, 0) is 19.1 Å². The van der Waals surface area contributed by atoms with Gasteiger partial charge in [-0.05, 0) is 23.8 Å². The average Bonchev–Trinajstić information content (AvgIpc) is 2.51. The number of carboxylic acids is 2. The van der Waals surface area contributed by atoms with Crippen molar-refractivity contribution in [1.82, 2.24) is 0 Å². The largest absolute Gasteiger partial charge is 0.493 e. The number of hydrogen-bond donors (Lipinski definition) is 2.